The van der Waals surface area contributed by atoms with Crippen LogP contribution in [-0.2, 0) is 9.84 Å². The highest BCUT2D eigenvalue weighted by molar-refractivity contribution is 8.15. The first-order valence-corrected chi connectivity index (χ1v) is 8.88. The monoisotopic (exact) mass is 312 g/mol. The number of thioether (sulfide) groups is 1. The minimum absolute atomic E-state index is 0.0436. The molecule has 0 bridgehead atoms. The Labute approximate surface area is 120 Å². The van der Waals surface area contributed by atoms with Crippen LogP contribution in [0.15, 0.2) is 18.2 Å². The van der Waals surface area contributed by atoms with Crippen LogP contribution in [0.1, 0.15) is 0 Å². The Morgan fingerprint density at radius 2 is 2.05 bits per heavy atom. The van der Waals surface area contributed by atoms with E-state index in [-0.39, 0.29) is 29.6 Å². The normalized spacial score (nSPS) is 29.8. The van der Waals surface area contributed by atoms with Gasteiger partial charge in [-0.1, -0.05) is 11.8 Å². The average Bonchev–Trinajstić information content (AvgIpc) is 3.00. The smallest absolute Gasteiger partial charge is 0.231 e. The Kier molecular flexibility index (Phi) is 2.50. The second kappa shape index (κ2) is 4.05. The van der Waals surface area contributed by atoms with Gasteiger partial charge in [0.2, 0.25) is 6.79 Å². The Morgan fingerprint density at radius 1 is 1.25 bits per heavy atom. The van der Waals surface area contributed by atoms with Crippen LogP contribution in [0.25, 0.3) is 0 Å². The SMILES string of the molecule is N=C1S[C@@H]2CS(=O)(=O)C[C@@H]2N1c1ccc2c(c1)OCO2. The van der Waals surface area contributed by atoms with Gasteiger partial charge in [-0.25, -0.2) is 8.42 Å². The van der Waals surface area contributed by atoms with Gasteiger partial charge in [-0.3, -0.25) is 5.41 Å². The number of ether oxygens (including phenoxy) is 2. The van der Waals surface area contributed by atoms with E-state index in [0.29, 0.717) is 16.7 Å². The van der Waals surface area contributed by atoms with Gasteiger partial charge in [-0.05, 0) is 12.1 Å². The summed E-state index contributed by atoms with van der Waals surface area (Å²) in [6.45, 7) is 0.200. The predicted molar refractivity (Wildman–Crippen MR) is 76.6 cm³/mol. The molecular weight excluding hydrogens is 300 g/mol. The van der Waals surface area contributed by atoms with Gasteiger partial charge in [0.15, 0.2) is 26.5 Å². The van der Waals surface area contributed by atoms with E-state index in [1.165, 1.54) is 11.8 Å². The third-order valence-electron chi connectivity index (χ3n) is 3.72. The molecule has 2 atom stereocenters. The lowest BCUT2D eigenvalue weighted by molar-refractivity contribution is 0.174. The van der Waals surface area contributed by atoms with E-state index in [1.807, 2.05) is 12.1 Å². The molecule has 4 rings (SSSR count). The Morgan fingerprint density at radius 3 is 2.90 bits per heavy atom. The summed E-state index contributed by atoms with van der Waals surface area (Å²) in [6.07, 6.45) is 0. The fourth-order valence-corrected chi connectivity index (χ4v) is 6.64. The third kappa shape index (κ3) is 1.78. The number of fused-ring (bicyclic) bond motifs is 2. The summed E-state index contributed by atoms with van der Waals surface area (Å²) in [6, 6.07) is 5.30. The number of amidine groups is 1. The predicted octanol–water partition coefficient (Wildman–Crippen LogP) is 1.07. The lowest BCUT2D eigenvalue weighted by Crippen LogP contribution is -2.37. The van der Waals surface area contributed by atoms with Crippen molar-refractivity contribution in [1.29, 1.82) is 5.41 Å². The summed E-state index contributed by atoms with van der Waals surface area (Å²) in [5.74, 6) is 1.60. The van der Waals surface area contributed by atoms with Crippen LogP contribution in [0.2, 0.25) is 0 Å². The van der Waals surface area contributed by atoms with Gasteiger partial charge in [0.1, 0.15) is 0 Å². The lowest BCUT2D eigenvalue weighted by Gasteiger charge is -2.24. The van der Waals surface area contributed by atoms with Crippen molar-refractivity contribution in [2.75, 3.05) is 23.2 Å². The highest BCUT2D eigenvalue weighted by atomic mass is 32.2. The highest BCUT2D eigenvalue weighted by Crippen LogP contribution is 2.43. The van der Waals surface area contributed by atoms with Crippen molar-refractivity contribution < 1.29 is 17.9 Å². The number of hydrogen-bond acceptors (Lipinski definition) is 6. The van der Waals surface area contributed by atoms with Crippen molar-refractivity contribution in [3.8, 4) is 11.5 Å². The Balaban J connectivity index is 1.72. The molecule has 0 aliphatic carbocycles. The second-order valence-corrected chi connectivity index (χ2v) is 8.39. The first-order valence-electron chi connectivity index (χ1n) is 6.18. The van der Waals surface area contributed by atoms with Crippen LogP contribution >= 0.6 is 11.8 Å². The van der Waals surface area contributed by atoms with Crippen molar-refractivity contribution >= 4 is 32.5 Å². The van der Waals surface area contributed by atoms with Gasteiger partial charge in [0.05, 0.1) is 17.5 Å². The van der Waals surface area contributed by atoms with Crippen molar-refractivity contribution in [2.45, 2.75) is 11.3 Å². The Hall–Kier alpha value is -1.41. The molecule has 1 N–H and O–H groups in total. The van der Waals surface area contributed by atoms with E-state index in [4.69, 9.17) is 14.9 Å². The van der Waals surface area contributed by atoms with Crippen LogP contribution in [0.3, 0.4) is 0 Å². The van der Waals surface area contributed by atoms with Gasteiger partial charge in [0, 0.05) is 17.0 Å². The maximum Gasteiger partial charge on any atom is 0.231 e. The molecule has 20 heavy (non-hydrogen) atoms. The lowest BCUT2D eigenvalue weighted by atomic mass is 10.2. The molecule has 0 radical (unpaired) electrons. The van der Waals surface area contributed by atoms with Crippen LogP contribution < -0.4 is 14.4 Å². The molecule has 3 heterocycles. The standard InChI is InChI=1S/C12H12N2O4S2/c13-12-14(8-4-20(15,16)5-11(8)19-12)7-1-2-9-10(3-7)18-6-17-9/h1-3,8,11,13H,4-6H2/t8-,11+/m0/s1. The van der Waals surface area contributed by atoms with Gasteiger partial charge >= 0.3 is 0 Å². The molecule has 2 fully saturated rings. The first-order chi connectivity index (χ1) is 9.53. The summed E-state index contributed by atoms with van der Waals surface area (Å²) in [4.78, 5) is 1.79. The summed E-state index contributed by atoms with van der Waals surface area (Å²) in [5.41, 5.74) is 0.788. The van der Waals surface area contributed by atoms with E-state index in [1.54, 1.807) is 11.0 Å². The minimum Gasteiger partial charge on any atom is -0.454 e. The second-order valence-electron chi connectivity index (χ2n) is 5.01. The molecule has 6 nitrogen and oxygen atoms in total. The van der Waals surface area contributed by atoms with Gasteiger partial charge in [0.25, 0.3) is 0 Å². The third-order valence-corrected chi connectivity index (χ3v) is 6.85. The number of rotatable bonds is 1. The fraction of sp³-hybridized carbons (Fsp3) is 0.417. The summed E-state index contributed by atoms with van der Waals surface area (Å²) >= 11 is 1.33. The molecule has 0 spiro atoms. The summed E-state index contributed by atoms with van der Waals surface area (Å²) in [5, 5.41) is 8.44. The van der Waals surface area contributed by atoms with Crippen LogP contribution in [0.4, 0.5) is 5.69 Å². The molecule has 106 valence electrons. The van der Waals surface area contributed by atoms with Crippen LogP contribution in [0, 0.1) is 5.41 Å². The molecule has 2 saturated heterocycles. The summed E-state index contributed by atoms with van der Waals surface area (Å²) < 4.78 is 34.1. The molecule has 8 heteroatoms. The quantitative estimate of drug-likeness (QED) is 0.835. The van der Waals surface area contributed by atoms with Gasteiger partial charge in [-0.2, -0.15) is 0 Å². The highest BCUT2D eigenvalue weighted by Gasteiger charge is 2.48. The molecule has 0 saturated carbocycles. The van der Waals surface area contributed by atoms with Crippen LogP contribution in [-0.4, -0.2) is 43.2 Å². The maximum absolute atomic E-state index is 11.8. The zero-order valence-corrected chi connectivity index (χ0v) is 12.0. The van der Waals surface area contributed by atoms with Crippen molar-refractivity contribution in [2.24, 2.45) is 0 Å². The number of nitrogens with zero attached hydrogens (tertiary/aromatic N) is 1. The van der Waals surface area contributed by atoms with Gasteiger partial charge < -0.3 is 14.4 Å². The number of sulfone groups is 1. The maximum atomic E-state index is 11.8. The van der Waals surface area contributed by atoms with Crippen molar-refractivity contribution in [3.63, 3.8) is 0 Å². The van der Waals surface area contributed by atoms with E-state index < -0.39 is 9.84 Å². The van der Waals surface area contributed by atoms with E-state index >= 15 is 0 Å². The summed E-state index contributed by atoms with van der Waals surface area (Å²) in [7, 11) is -3.00. The van der Waals surface area contributed by atoms with E-state index in [0.717, 1.165) is 5.69 Å². The average molecular weight is 312 g/mol. The van der Waals surface area contributed by atoms with Gasteiger partial charge in [-0.15, -0.1) is 0 Å². The minimum atomic E-state index is -3.00. The number of hydrogen-bond donors (Lipinski definition) is 1. The number of nitrogens with one attached hydrogen (secondary N) is 1. The molecule has 1 aromatic carbocycles. The van der Waals surface area contributed by atoms with Crippen molar-refractivity contribution in [3.05, 3.63) is 18.2 Å². The molecular formula is C12H12N2O4S2. The molecule has 0 aromatic heterocycles. The van der Waals surface area contributed by atoms with E-state index in [2.05, 4.69) is 0 Å². The largest absolute Gasteiger partial charge is 0.454 e. The number of anilines is 1. The van der Waals surface area contributed by atoms with Crippen LogP contribution in [0.5, 0.6) is 11.5 Å². The van der Waals surface area contributed by atoms with Crippen molar-refractivity contribution in [1.82, 2.24) is 0 Å². The first kappa shape index (κ1) is 12.3. The molecule has 1 aromatic rings. The molecule has 3 aliphatic heterocycles. The van der Waals surface area contributed by atoms with E-state index in [9.17, 15) is 8.42 Å². The molecule has 3 aliphatic rings. The zero-order chi connectivity index (χ0) is 13.9. The number of benzene rings is 1. The Bertz CT molecular complexity index is 703. The molecule has 0 amide bonds. The topological polar surface area (TPSA) is 79.7 Å². The molecule has 0 unspecified atom stereocenters. The fourth-order valence-electron chi connectivity index (χ4n) is 2.84. The zero-order valence-electron chi connectivity index (χ0n) is 10.4.